The first-order valence-corrected chi connectivity index (χ1v) is 8.72. The molecule has 0 radical (unpaired) electrons. The second-order valence-electron chi connectivity index (χ2n) is 5.67. The molecule has 138 valence electrons. The Morgan fingerprint density at radius 1 is 1.12 bits per heavy atom. The van der Waals surface area contributed by atoms with Gasteiger partial charge in [-0.05, 0) is 45.7 Å². The first-order valence-electron chi connectivity index (χ1n) is 8.72. The molecule has 0 aliphatic carbocycles. The zero-order valence-electron chi connectivity index (χ0n) is 15.9. The quantitative estimate of drug-likeness (QED) is 0.709. The van der Waals surface area contributed by atoms with Crippen LogP contribution in [0.4, 0.5) is 0 Å². The van der Waals surface area contributed by atoms with Crippen LogP contribution in [0.2, 0.25) is 0 Å². The third kappa shape index (κ3) is 10.2. The lowest BCUT2D eigenvalue weighted by atomic mass is 10.2. The molecule has 0 atom stereocenters. The molecule has 24 heavy (non-hydrogen) atoms. The molecule has 0 aliphatic heterocycles. The topological polar surface area (TPSA) is 53.0 Å². The summed E-state index contributed by atoms with van der Waals surface area (Å²) in [7, 11) is 3.64. The van der Waals surface area contributed by atoms with Gasteiger partial charge in [-0.1, -0.05) is 39.0 Å². The second kappa shape index (κ2) is 13.8. The Morgan fingerprint density at radius 3 is 2.17 bits per heavy atom. The summed E-state index contributed by atoms with van der Waals surface area (Å²) < 4.78 is 5.27. The van der Waals surface area contributed by atoms with Crippen molar-refractivity contribution < 1.29 is 14.6 Å². The van der Waals surface area contributed by atoms with E-state index >= 15 is 0 Å². The van der Waals surface area contributed by atoms with E-state index in [2.05, 4.69) is 30.6 Å². The van der Waals surface area contributed by atoms with E-state index in [4.69, 9.17) is 9.84 Å². The van der Waals surface area contributed by atoms with Crippen LogP contribution in [0.1, 0.15) is 39.2 Å². The van der Waals surface area contributed by atoms with Gasteiger partial charge in [-0.3, -0.25) is 4.79 Å². The first kappa shape index (κ1) is 22.4. The molecule has 5 heteroatoms. The molecule has 0 aliphatic rings. The largest absolute Gasteiger partial charge is 0.496 e. The van der Waals surface area contributed by atoms with Gasteiger partial charge >= 0.3 is 5.97 Å². The SMILES string of the molecule is CCN(CC)CC.COc1ccccc1CN(C)CCCC(=O)O. The van der Waals surface area contributed by atoms with Crippen molar-refractivity contribution in [1.29, 1.82) is 0 Å². The standard InChI is InChI=1S/C13H19NO3.C6H15N/c1-14(9-5-8-13(15)16)10-11-6-3-4-7-12(11)17-2;1-4-7(5-2)6-3/h3-4,6-7H,5,8-10H2,1-2H3,(H,15,16);4-6H2,1-3H3. The number of hydrogen-bond donors (Lipinski definition) is 1. The van der Waals surface area contributed by atoms with E-state index in [0.29, 0.717) is 6.42 Å². The summed E-state index contributed by atoms with van der Waals surface area (Å²) in [6, 6.07) is 7.86. The molecule has 0 fully saturated rings. The lowest BCUT2D eigenvalue weighted by Crippen LogP contribution is -2.21. The number of methoxy groups -OCH3 is 1. The van der Waals surface area contributed by atoms with Crippen molar-refractivity contribution in [3.8, 4) is 5.75 Å². The smallest absolute Gasteiger partial charge is 0.303 e. The maximum atomic E-state index is 10.4. The van der Waals surface area contributed by atoms with Crippen LogP contribution in [-0.2, 0) is 11.3 Å². The van der Waals surface area contributed by atoms with Gasteiger partial charge in [0.25, 0.3) is 0 Å². The van der Waals surface area contributed by atoms with E-state index < -0.39 is 5.97 Å². The monoisotopic (exact) mass is 338 g/mol. The fourth-order valence-electron chi connectivity index (χ4n) is 2.37. The molecule has 0 bridgehead atoms. The van der Waals surface area contributed by atoms with E-state index in [9.17, 15) is 4.79 Å². The second-order valence-corrected chi connectivity index (χ2v) is 5.67. The molecule has 0 aromatic heterocycles. The number of aliphatic carboxylic acids is 1. The predicted octanol–water partition coefficient (Wildman–Crippen LogP) is 3.34. The minimum Gasteiger partial charge on any atom is -0.496 e. The molecule has 0 saturated carbocycles. The molecule has 0 heterocycles. The van der Waals surface area contributed by atoms with E-state index in [0.717, 1.165) is 24.4 Å². The van der Waals surface area contributed by atoms with Gasteiger partial charge in [0, 0.05) is 18.5 Å². The fourth-order valence-corrected chi connectivity index (χ4v) is 2.37. The third-order valence-corrected chi connectivity index (χ3v) is 3.90. The van der Waals surface area contributed by atoms with Gasteiger partial charge in [-0.25, -0.2) is 0 Å². The minimum atomic E-state index is -0.740. The number of ether oxygens (including phenoxy) is 1. The predicted molar refractivity (Wildman–Crippen MR) is 99.7 cm³/mol. The summed E-state index contributed by atoms with van der Waals surface area (Å²) in [6.45, 7) is 11.7. The van der Waals surface area contributed by atoms with Crippen LogP contribution in [0.15, 0.2) is 24.3 Å². The highest BCUT2D eigenvalue weighted by atomic mass is 16.5. The molecule has 5 nitrogen and oxygen atoms in total. The van der Waals surface area contributed by atoms with E-state index in [1.165, 1.54) is 19.6 Å². The number of carbonyl (C=O) groups is 1. The Kier molecular flexibility index (Phi) is 12.9. The highest BCUT2D eigenvalue weighted by molar-refractivity contribution is 5.66. The molecule has 0 saturated heterocycles. The van der Waals surface area contributed by atoms with Crippen LogP contribution >= 0.6 is 0 Å². The third-order valence-electron chi connectivity index (χ3n) is 3.90. The van der Waals surface area contributed by atoms with E-state index in [1.807, 2.05) is 31.3 Å². The summed E-state index contributed by atoms with van der Waals surface area (Å²) in [5.74, 6) is 0.133. The van der Waals surface area contributed by atoms with Gasteiger partial charge in [-0.2, -0.15) is 0 Å². The van der Waals surface area contributed by atoms with Crippen molar-refractivity contribution in [3.63, 3.8) is 0 Å². The zero-order chi connectivity index (χ0) is 18.4. The van der Waals surface area contributed by atoms with Crippen LogP contribution in [0.5, 0.6) is 5.75 Å². The average Bonchev–Trinajstić information content (AvgIpc) is 2.57. The maximum Gasteiger partial charge on any atom is 0.303 e. The Hall–Kier alpha value is -1.59. The van der Waals surface area contributed by atoms with Crippen LogP contribution in [0.3, 0.4) is 0 Å². The first-order chi connectivity index (χ1) is 11.5. The molecular formula is C19H34N2O3. The fraction of sp³-hybridized carbons (Fsp3) is 0.632. The van der Waals surface area contributed by atoms with Gasteiger partial charge in [-0.15, -0.1) is 0 Å². The van der Waals surface area contributed by atoms with Crippen molar-refractivity contribution in [3.05, 3.63) is 29.8 Å². The Balaban J connectivity index is 0.000000640. The molecular weight excluding hydrogens is 304 g/mol. The number of nitrogens with zero attached hydrogens (tertiary/aromatic N) is 2. The summed E-state index contributed by atoms with van der Waals surface area (Å²) >= 11 is 0. The van der Waals surface area contributed by atoms with Gasteiger partial charge < -0.3 is 19.6 Å². The van der Waals surface area contributed by atoms with Crippen LogP contribution < -0.4 is 4.74 Å². The molecule has 0 spiro atoms. The molecule has 0 amide bonds. The average molecular weight is 338 g/mol. The van der Waals surface area contributed by atoms with Crippen LogP contribution in [-0.4, -0.2) is 61.2 Å². The molecule has 1 aromatic rings. The lowest BCUT2D eigenvalue weighted by Gasteiger charge is -2.17. The Labute approximate surface area is 147 Å². The van der Waals surface area contributed by atoms with Gasteiger partial charge in [0.2, 0.25) is 0 Å². The lowest BCUT2D eigenvalue weighted by molar-refractivity contribution is -0.137. The summed E-state index contributed by atoms with van der Waals surface area (Å²) in [5.41, 5.74) is 1.12. The number of benzene rings is 1. The highest BCUT2D eigenvalue weighted by Crippen LogP contribution is 2.18. The van der Waals surface area contributed by atoms with Gasteiger partial charge in [0.15, 0.2) is 0 Å². The molecule has 1 N–H and O–H groups in total. The summed E-state index contributed by atoms with van der Waals surface area (Å²) in [6.07, 6.45) is 0.886. The summed E-state index contributed by atoms with van der Waals surface area (Å²) in [4.78, 5) is 14.9. The molecule has 1 rings (SSSR count). The van der Waals surface area contributed by atoms with Crippen molar-refractivity contribution in [1.82, 2.24) is 9.80 Å². The van der Waals surface area contributed by atoms with Crippen molar-refractivity contribution in [2.75, 3.05) is 40.3 Å². The van der Waals surface area contributed by atoms with Gasteiger partial charge in [0.05, 0.1) is 7.11 Å². The number of hydrogen-bond acceptors (Lipinski definition) is 4. The van der Waals surface area contributed by atoms with Crippen LogP contribution in [0, 0.1) is 0 Å². The van der Waals surface area contributed by atoms with Crippen molar-refractivity contribution in [2.45, 2.75) is 40.2 Å². The van der Waals surface area contributed by atoms with Crippen molar-refractivity contribution in [2.24, 2.45) is 0 Å². The molecule has 0 unspecified atom stereocenters. The van der Waals surface area contributed by atoms with Crippen LogP contribution in [0.25, 0.3) is 0 Å². The Bertz CT molecular complexity index is 442. The van der Waals surface area contributed by atoms with E-state index in [1.54, 1.807) is 7.11 Å². The number of rotatable bonds is 10. The van der Waals surface area contributed by atoms with Gasteiger partial charge in [0.1, 0.15) is 5.75 Å². The Morgan fingerprint density at radius 2 is 1.71 bits per heavy atom. The maximum absolute atomic E-state index is 10.4. The number of carboxylic acids is 1. The highest BCUT2D eigenvalue weighted by Gasteiger charge is 2.06. The van der Waals surface area contributed by atoms with Crippen molar-refractivity contribution >= 4 is 5.97 Å². The summed E-state index contributed by atoms with van der Waals surface area (Å²) in [5, 5.41) is 8.56. The normalized spacial score (nSPS) is 10.5. The van der Waals surface area contributed by atoms with E-state index in [-0.39, 0.29) is 6.42 Å². The molecule has 1 aromatic carbocycles. The minimum absolute atomic E-state index is 0.219. The zero-order valence-corrected chi connectivity index (χ0v) is 15.9. The number of carboxylic acid groups (broad SMARTS) is 1. The number of para-hydroxylation sites is 1.